The summed E-state index contributed by atoms with van der Waals surface area (Å²) in [6.07, 6.45) is -0.0845. The molecule has 0 radical (unpaired) electrons. The van der Waals surface area contributed by atoms with E-state index in [4.69, 9.17) is 0 Å². The zero-order valence-corrected chi connectivity index (χ0v) is 15.1. The third-order valence-electron chi connectivity index (χ3n) is 4.94. The summed E-state index contributed by atoms with van der Waals surface area (Å²) in [6, 6.07) is 4.83. The summed E-state index contributed by atoms with van der Waals surface area (Å²) in [5, 5.41) is 18.2. The Bertz CT molecular complexity index is 600. The Kier molecular flexibility index (Phi) is 7.36. The van der Waals surface area contributed by atoms with Crippen molar-refractivity contribution in [3.8, 4) is 0 Å². The Hall–Kier alpha value is -1.96. The van der Waals surface area contributed by atoms with E-state index in [9.17, 15) is 14.7 Å². The number of nitrogens with one attached hydrogen (secondary N) is 2. The Morgan fingerprint density at radius 1 is 1.32 bits per heavy atom. The van der Waals surface area contributed by atoms with E-state index in [0.717, 1.165) is 49.5 Å². The van der Waals surface area contributed by atoms with Gasteiger partial charge in [0.2, 0.25) is 5.91 Å². The number of nitrogens with two attached hydrogens (primary N) is 2. The van der Waals surface area contributed by atoms with E-state index < -0.39 is 12.0 Å². The topological polar surface area (TPSA) is 107 Å². The molecule has 1 heterocycles. The molecule has 1 saturated heterocycles. The van der Waals surface area contributed by atoms with Crippen LogP contribution in [0.1, 0.15) is 17.5 Å². The second-order valence-electron chi connectivity index (χ2n) is 6.82. The standard InChI is InChI=1S/C18H28N4O3/c1-13-4-3-5-15(14(13)2)21-17(23)12-16(18(24)25)20-8-11-22-9-6-19-7-10-22/h3-5,16,19-20H,6-12H2,1-2H3,(H,21,23)(H,24,25)/p+2/t16-/m0/s1. The molecule has 1 aromatic carbocycles. The van der Waals surface area contributed by atoms with Gasteiger partial charge < -0.3 is 30.8 Å². The SMILES string of the molecule is Cc1cccc(NC(=O)C[C@H]([NH2+]CC[NH+]2CC[NH2+]CC2)C(=O)[O-])c1C. The predicted octanol–water partition coefficient (Wildman–Crippen LogP) is -4.22. The minimum absolute atomic E-state index is 0.0845. The van der Waals surface area contributed by atoms with Crippen LogP contribution in [0.4, 0.5) is 5.69 Å². The zero-order valence-electron chi connectivity index (χ0n) is 15.1. The molecule has 0 aromatic heterocycles. The normalized spacial score (nSPS) is 16.4. The number of hydrogen-bond acceptors (Lipinski definition) is 3. The highest BCUT2D eigenvalue weighted by Gasteiger charge is 2.21. The molecule has 6 N–H and O–H groups in total. The Morgan fingerprint density at radius 3 is 2.72 bits per heavy atom. The summed E-state index contributed by atoms with van der Waals surface area (Å²) in [7, 11) is 0. The van der Waals surface area contributed by atoms with Gasteiger partial charge in [-0.25, -0.2) is 0 Å². The first-order chi connectivity index (χ1) is 12.0. The number of carboxylic acid groups (broad SMARTS) is 1. The van der Waals surface area contributed by atoms with E-state index in [1.165, 1.54) is 4.90 Å². The molecule has 1 atom stereocenters. The number of amides is 1. The highest BCUT2D eigenvalue weighted by Crippen LogP contribution is 2.18. The van der Waals surface area contributed by atoms with Crippen molar-refractivity contribution in [3.63, 3.8) is 0 Å². The lowest BCUT2D eigenvalue weighted by Crippen LogP contribution is -3.22. The van der Waals surface area contributed by atoms with E-state index in [1.54, 1.807) is 5.32 Å². The van der Waals surface area contributed by atoms with Gasteiger partial charge >= 0.3 is 0 Å². The predicted molar refractivity (Wildman–Crippen MR) is 92.0 cm³/mol. The number of hydrogen-bond donors (Lipinski definition) is 4. The average Bonchev–Trinajstić information content (AvgIpc) is 2.59. The van der Waals surface area contributed by atoms with Crippen LogP contribution in [0.2, 0.25) is 0 Å². The van der Waals surface area contributed by atoms with Crippen molar-refractivity contribution in [1.82, 2.24) is 0 Å². The molecule has 0 unspecified atom stereocenters. The molecule has 1 fully saturated rings. The van der Waals surface area contributed by atoms with Crippen LogP contribution >= 0.6 is 0 Å². The number of carbonyl (C=O) groups excluding carboxylic acids is 2. The summed E-state index contributed by atoms with van der Waals surface area (Å²) in [6.45, 7) is 9.97. The highest BCUT2D eigenvalue weighted by atomic mass is 16.4. The van der Waals surface area contributed by atoms with E-state index in [1.807, 2.05) is 32.0 Å². The van der Waals surface area contributed by atoms with Gasteiger partial charge in [0.25, 0.3) is 0 Å². The fraction of sp³-hybridized carbons (Fsp3) is 0.556. The lowest BCUT2D eigenvalue weighted by molar-refractivity contribution is -0.955. The van der Waals surface area contributed by atoms with Gasteiger partial charge in [-0.15, -0.1) is 0 Å². The van der Waals surface area contributed by atoms with Crippen molar-refractivity contribution in [1.29, 1.82) is 0 Å². The van der Waals surface area contributed by atoms with Crippen LogP contribution in [0.5, 0.6) is 0 Å². The van der Waals surface area contributed by atoms with Crippen LogP contribution in [0, 0.1) is 13.8 Å². The molecule has 0 spiro atoms. The molecule has 7 nitrogen and oxygen atoms in total. The molecular formula is C18H30N4O3+2. The maximum Gasteiger partial charge on any atom is 0.230 e. The highest BCUT2D eigenvalue weighted by molar-refractivity contribution is 5.94. The molecule has 7 heteroatoms. The molecule has 138 valence electrons. The van der Waals surface area contributed by atoms with Crippen molar-refractivity contribution in [2.24, 2.45) is 0 Å². The second-order valence-corrected chi connectivity index (χ2v) is 6.82. The monoisotopic (exact) mass is 350 g/mol. The van der Waals surface area contributed by atoms with Gasteiger partial charge in [-0.1, -0.05) is 12.1 Å². The molecule has 0 bridgehead atoms. The van der Waals surface area contributed by atoms with Crippen LogP contribution in [-0.2, 0) is 9.59 Å². The Balaban J connectivity index is 1.82. The largest absolute Gasteiger partial charge is 0.544 e. The van der Waals surface area contributed by atoms with E-state index >= 15 is 0 Å². The van der Waals surface area contributed by atoms with E-state index in [2.05, 4.69) is 10.6 Å². The molecule has 1 aromatic rings. The number of carboxylic acids is 1. The van der Waals surface area contributed by atoms with Crippen molar-refractivity contribution >= 4 is 17.6 Å². The molecular weight excluding hydrogens is 320 g/mol. The smallest absolute Gasteiger partial charge is 0.230 e. The summed E-state index contributed by atoms with van der Waals surface area (Å²) >= 11 is 0. The molecule has 1 aliphatic rings. The molecule has 25 heavy (non-hydrogen) atoms. The quantitative estimate of drug-likeness (QED) is 0.382. The number of aliphatic carboxylic acids is 1. The van der Waals surface area contributed by atoms with Crippen LogP contribution in [0.3, 0.4) is 0 Å². The number of benzene rings is 1. The second kappa shape index (κ2) is 9.50. The Labute approximate surface area is 148 Å². The van der Waals surface area contributed by atoms with Crippen LogP contribution < -0.4 is 26.0 Å². The van der Waals surface area contributed by atoms with E-state index in [0.29, 0.717) is 6.54 Å². The number of quaternary nitrogens is 3. The maximum absolute atomic E-state index is 12.2. The van der Waals surface area contributed by atoms with Gasteiger partial charge in [0.15, 0.2) is 0 Å². The molecule has 2 rings (SSSR count). The van der Waals surface area contributed by atoms with Crippen LogP contribution in [0.25, 0.3) is 0 Å². The van der Waals surface area contributed by atoms with Crippen molar-refractivity contribution in [3.05, 3.63) is 29.3 Å². The minimum atomic E-state index is -1.18. The number of rotatable bonds is 8. The van der Waals surface area contributed by atoms with Gasteiger partial charge in [0.1, 0.15) is 45.3 Å². The lowest BCUT2D eigenvalue weighted by atomic mass is 10.1. The number of aryl methyl sites for hydroxylation is 1. The summed E-state index contributed by atoms with van der Waals surface area (Å²) in [5.41, 5.74) is 2.81. The van der Waals surface area contributed by atoms with Gasteiger partial charge in [-0.05, 0) is 31.0 Å². The number of piperazine rings is 1. The fourth-order valence-corrected chi connectivity index (χ4v) is 3.17. The first-order valence-electron chi connectivity index (χ1n) is 9.03. The van der Waals surface area contributed by atoms with Gasteiger partial charge in [0.05, 0.1) is 12.4 Å². The summed E-state index contributed by atoms with van der Waals surface area (Å²) < 4.78 is 0. The maximum atomic E-state index is 12.2. The summed E-state index contributed by atoms with van der Waals surface area (Å²) in [5.74, 6) is -1.47. The van der Waals surface area contributed by atoms with Gasteiger partial charge in [0, 0.05) is 5.69 Å². The first-order valence-corrected chi connectivity index (χ1v) is 9.03. The third kappa shape index (κ3) is 6.12. The molecule has 1 amide bonds. The van der Waals surface area contributed by atoms with Crippen LogP contribution in [-0.4, -0.2) is 57.2 Å². The van der Waals surface area contributed by atoms with Gasteiger partial charge in [-0.2, -0.15) is 0 Å². The Morgan fingerprint density at radius 2 is 2.04 bits per heavy atom. The fourth-order valence-electron chi connectivity index (χ4n) is 3.17. The first kappa shape index (κ1) is 19.4. The lowest BCUT2D eigenvalue weighted by Gasteiger charge is -2.23. The summed E-state index contributed by atoms with van der Waals surface area (Å²) in [4.78, 5) is 25.1. The van der Waals surface area contributed by atoms with E-state index in [-0.39, 0.29) is 12.3 Å². The van der Waals surface area contributed by atoms with Crippen molar-refractivity contribution < 1.29 is 30.2 Å². The van der Waals surface area contributed by atoms with Crippen LogP contribution in [0.15, 0.2) is 18.2 Å². The number of anilines is 1. The average molecular weight is 350 g/mol. The number of carbonyl (C=O) groups is 2. The van der Waals surface area contributed by atoms with Crippen molar-refractivity contribution in [2.45, 2.75) is 26.3 Å². The molecule has 0 aliphatic carbocycles. The molecule has 0 saturated carbocycles. The van der Waals surface area contributed by atoms with Gasteiger partial charge in [-0.3, -0.25) is 4.79 Å². The third-order valence-corrected chi connectivity index (χ3v) is 4.94. The molecule has 1 aliphatic heterocycles. The van der Waals surface area contributed by atoms with Crippen molar-refractivity contribution in [2.75, 3.05) is 44.6 Å². The minimum Gasteiger partial charge on any atom is -0.544 e. The zero-order chi connectivity index (χ0) is 18.2.